The number of piperidine rings is 1. The van der Waals surface area contributed by atoms with Gasteiger partial charge in [0.1, 0.15) is 0 Å². The van der Waals surface area contributed by atoms with Crippen molar-refractivity contribution in [2.24, 2.45) is 5.41 Å². The van der Waals surface area contributed by atoms with Crippen LogP contribution in [-0.2, 0) is 11.3 Å². The van der Waals surface area contributed by atoms with E-state index in [1.807, 2.05) is 23.1 Å². The highest BCUT2D eigenvalue weighted by atomic mass is 16.2. The van der Waals surface area contributed by atoms with Gasteiger partial charge in [-0.25, -0.2) is 0 Å². The Hall–Kier alpha value is -1.39. The van der Waals surface area contributed by atoms with Gasteiger partial charge in [0.25, 0.3) is 0 Å². The summed E-state index contributed by atoms with van der Waals surface area (Å²) in [6.07, 6.45) is 3.42. The third kappa shape index (κ3) is 3.59. The Bertz CT molecular complexity index is 525. The molecule has 2 aliphatic heterocycles. The molecule has 1 atom stereocenters. The van der Waals surface area contributed by atoms with E-state index >= 15 is 0 Å². The molecule has 2 aliphatic rings. The predicted octanol–water partition coefficient (Wildman–Crippen LogP) is 2.11. The van der Waals surface area contributed by atoms with Crippen LogP contribution in [0.15, 0.2) is 30.3 Å². The lowest BCUT2D eigenvalue weighted by Crippen LogP contribution is -2.43. The summed E-state index contributed by atoms with van der Waals surface area (Å²) in [5.74, 6) is 0.300. The normalized spacial score (nSPS) is 24.0. The Morgan fingerprint density at radius 3 is 2.65 bits per heavy atom. The van der Waals surface area contributed by atoms with E-state index in [9.17, 15) is 4.79 Å². The van der Waals surface area contributed by atoms with Crippen LogP contribution >= 0.6 is 0 Å². The highest BCUT2D eigenvalue weighted by Crippen LogP contribution is 2.41. The van der Waals surface area contributed by atoms with Gasteiger partial charge in [-0.15, -0.1) is 0 Å². The van der Waals surface area contributed by atoms with Crippen LogP contribution in [0.2, 0.25) is 0 Å². The quantitative estimate of drug-likeness (QED) is 0.924. The first kappa shape index (κ1) is 16.5. The summed E-state index contributed by atoms with van der Waals surface area (Å²) in [6, 6.07) is 10.4. The Morgan fingerprint density at radius 2 is 2.00 bits per heavy atom. The van der Waals surface area contributed by atoms with Crippen molar-refractivity contribution in [2.45, 2.75) is 38.8 Å². The lowest BCUT2D eigenvalue weighted by Gasteiger charge is -2.33. The summed E-state index contributed by atoms with van der Waals surface area (Å²) in [5, 5.41) is 3.45. The van der Waals surface area contributed by atoms with Crippen molar-refractivity contribution in [1.29, 1.82) is 0 Å². The van der Waals surface area contributed by atoms with Crippen molar-refractivity contribution >= 4 is 5.91 Å². The van der Waals surface area contributed by atoms with E-state index < -0.39 is 0 Å². The number of rotatable bonds is 4. The number of nitrogens with one attached hydrogen (secondary N) is 1. The average molecular weight is 315 g/mol. The largest absolute Gasteiger partial charge is 0.337 e. The third-order valence-corrected chi connectivity index (χ3v) is 5.60. The molecule has 0 aromatic heterocycles. The van der Waals surface area contributed by atoms with E-state index in [1.54, 1.807) is 0 Å². The standard InChI is InChI=1S/C19H29N3O/c1-3-22(14-16-7-5-4-6-8-16)18(23)17-13-19(15-21(17)2)9-11-20-12-10-19/h4-8,17,20H,3,9-15H2,1-2H3/t17-/m0/s1. The van der Waals surface area contributed by atoms with Gasteiger partial charge in [-0.1, -0.05) is 30.3 Å². The van der Waals surface area contributed by atoms with Crippen molar-refractivity contribution in [2.75, 3.05) is 33.2 Å². The maximum Gasteiger partial charge on any atom is 0.240 e. The molecule has 2 saturated heterocycles. The molecule has 0 unspecified atom stereocenters. The van der Waals surface area contributed by atoms with Gasteiger partial charge in [0.2, 0.25) is 5.91 Å². The van der Waals surface area contributed by atoms with Crippen LogP contribution in [0.1, 0.15) is 31.7 Å². The zero-order chi connectivity index (χ0) is 16.3. The minimum atomic E-state index is 0.0526. The second-order valence-electron chi connectivity index (χ2n) is 7.22. The van der Waals surface area contributed by atoms with Gasteiger partial charge in [0, 0.05) is 19.6 Å². The van der Waals surface area contributed by atoms with Crippen LogP contribution in [0.4, 0.5) is 0 Å². The molecule has 3 rings (SSSR count). The molecule has 0 aliphatic carbocycles. The van der Waals surface area contributed by atoms with Crippen molar-refractivity contribution in [3.63, 3.8) is 0 Å². The molecule has 4 nitrogen and oxygen atoms in total. The molecule has 1 aromatic carbocycles. The fourth-order valence-corrected chi connectivity index (χ4v) is 4.23. The molecule has 23 heavy (non-hydrogen) atoms. The number of carbonyl (C=O) groups is 1. The number of hydrogen-bond donors (Lipinski definition) is 1. The summed E-state index contributed by atoms with van der Waals surface area (Å²) in [7, 11) is 2.12. The molecular formula is C19H29N3O. The summed E-state index contributed by atoms with van der Waals surface area (Å²) in [4.78, 5) is 17.4. The number of benzene rings is 1. The van der Waals surface area contributed by atoms with Gasteiger partial charge in [-0.3, -0.25) is 9.69 Å². The van der Waals surface area contributed by atoms with Crippen LogP contribution in [0, 0.1) is 5.41 Å². The number of amides is 1. The van der Waals surface area contributed by atoms with E-state index in [2.05, 4.69) is 36.3 Å². The molecule has 1 aromatic rings. The van der Waals surface area contributed by atoms with Crippen LogP contribution < -0.4 is 5.32 Å². The fraction of sp³-hybridized carbons (Fsp3) is 0.632. The number of nitrogens with zero attached hydrogens (tertiary/aromatic N) is 2. The second-order valence-corrected chi connectivity index (χ2v) is 7.22. The maximum atomic E-state index is 13.1. The lowest BCUT2D eigenvalue weighted by molar-refractivity contribution is -0.136. The SMILES string of the molecule is CCN(Cc1ccccc1)C(=O)[C@@H]1CC2(CCNCC2)CN1C. The van der Waals surface area contributed by atoms with Crippen molar-refractivity contribution in [3.8, 4) is 0 Å². The molecule has 0 bridgehead atoms. The number of carbonyl (C=O) groups excluding carboxylic acids is 1. The van der Waals surface area contributed by atoms with E-state index in [0.29, 0.717) is 11.3 Å². The molecule has 2 fully saturated rings. The van der Waals surface area contributed by atoms with Crippen LogP contribution in [0.5, 0.6) is 0 Å². The van der Waals surface area contributed by atoms with Gasteiger partial charge in [0.15, 0.2) is 0 Å². The van der Waals surface area contributed by atoms with Crippen molar-refractivity contribution < 1.29 is 4.79 Å². The second kappa shape index (κ2) is 7.02. The summed E-state index contributed by atoms with van der Waals surface area (Å²) in [6.45, 7) is 6.82. The van der Waals surface area contributed by atoms with Crippen LogP contribution in [-0.4, -0.2) is 55.0 Å². The zero-order valence-corrected chi connectivity index (χ0v) is 14.4. The number of likely N-dealkylation sites (tertiary alicyclic amines) is 1. The molecule has 2 heterocycles. The molecule has 1 spiro atoms. The van der Waals surface area contributed by atoms with E-state index in [0.717, 1.165) is 39.1 Å². The Kier molecular flexibility index (Phi) is 5.02. The zero-order valence-electron chi connectivity index (χ0n) is 14.4. The maximum absolute atomic E-state index is 13.1. The Labute approximate surface area is 139 Å². The first-order valence-corrected chi connectivity index (χ1v) is 8.87. The van der Waals surface area contributed by atoms with Gasteiger partial charge >= 0.3 is 0 Å². The topological polar surface area (TPSA) is 35.6 Å². The molecule has 0 radical (unpaired) electrons. The molecule has 4 heteroatoms. The first-order chi connectivity index (χ1) is 11.1. The lowest BCUT2D eigenvalue weighted by atomic mass is 9.77. The summed E-state index contributed by atoms with van der Waals surface area (Å²) >= 11 is 0. The Balaban J connectivity index is 1.68. The van der Waals surface area contributed by atoms with Gasteiger partial charge < -0.3 is 10.2 Å². The van der Waals surface area contributed by atoms with E-state index in [-0.39, 0.29) is 6.04 Å². The highest BCUT2D eigenvalue weighted by Gasteiger charge is 2.46. The van der Waals surface area contributed by atoms with Crippen LogP contribution in [0.25, 0.3) is 0 Å². The molecule has 0 saturated carbocycles. The monoisotopic (exact) mass is 315 g/mol. The highest BCUT2D eigenvalue weighted by molar-refractivity contribution is 5.82. The third-order valence-electron chi connectivity index (χ3n) is 5.60. The smallest absolute Gasteiger partial charge is 0.240 e. The fourth-order valence-electron chi connectivity index (χ4n) is 4.23. The Morgan fingerprint density at radius 1 is 1.30 bits per heavy atom. The molecule has 1 N–H and O–H groups in total. The minimum Gasteiger partial charge on any atom is -0.337 e. The first-order valence-electron chi connectivity index (χ1n) is 8.87. The van der Waals surface area contributed by atoms with Gasteiger partial charge in [0.05, 0.1) is 6.04 Å². The van der Waals surface area contributed by atoms with Gasteiger partial charge in [-0.05, 0) is 57.3 Å². The average Bonchev–Trinajstić information content (AvgIpc) is 2.89. The molecule has 1 amide bonds. The number of hydrogen-bond acceptors (Lipinski definition) is 3. The van der Waals surface area contributed by atoms with E-state index in [1.165, 1.54) is 18.4 Å². The number of likely N-dealkylation sites (N-methyl/N-ethyl adjacent to an activating group) is 2. The summed E-state index contributed by atoms with van der Waals surface area (Å²) in [5.41, 5.74) is 1.56. The minimum absolute atomic E-state index is 0.0526. The van der Waals surface area contributed by atoms with Crippen molar-refractivity contribution in [1.82, 2.24) is 15.1 Å². The predicted molar refractivity (Wildman–Crippen MR) is 93.1 cm³/mol. The summed E-state index contributed by atoms with van der Waals surface area (Å²) < 4.78 is 0. The van der Waals surface area contributed by atoms with E-state index in [4.69, 9.17) is 0 Å². The van der Waals surface area contributed by atoms with Crippen LogP contribution in [0.3, 0.4) is 0 Å². The van der Waals surface area contributed by atoms with Gasteiger partial charge in [-0.2, -0.15) is 0 Å². The molecular weight excluding hydrogens is 286 g/mol. The van der Waals surface area contributed by atoms with Crippen molar-refractivity contribution in [3.05, 3.63) is 35.9 Å². The molecule has 126 valence electrons.